The Labute approximate surface area is 155 Å². The summed E-state index contributed by atoms with van der Waals surface area (Å²) in [4.78, 5) is 27.3. The summed E-state index contributed by atoms with van der Waals surface area (Å²) in [5, 5.41) is 15.3. The molecule has 1 fully saturated rings. The first-order valence-corrected chi connectivity index (χ1v) is 8.60. The minimum atomic E-state index is -0.352. The molecule has 0 atom stereocenters. The lowest BCUT2D eigenvalue weighted by Gasteiger charge is -2.26. The van der Waals surface area contributed by atoms with Gasteiger partial charge in [0.15, 0.2) is 5.69 Å². The van der Waals surface area contributed by atoms with Crippen molar-refractivity contribution in [3.8, 4) is 5.69 Å². The molecule has 3 heterocycles. The molecule has 27 heavy (non-hydrogen) atoms. The molecule has 3 aromatic rings. The molecule has 2 aromatic heterocycles. The number of rotatable bonds is 3. The smallest absolute Gasteiger partial charge is 0.294 e. The topological polar surface area (TPSA) is 97.4 Å². The molecule has 1 saturated heterocycles. The van der Waals surface area contributed by atoms with E-state index in [2.05, 4.69) is 15.4 Å². The molecule has 0 aliphatic carbocycles. The Kier molecular flexibility index (Phi) is 4.19. The van der Waals surface area contributed by atoms with Gasteiger partial charge in [-0.2, -0.15) is 9.90 Å². The van der Waals surface area contributed by atoms with Crippen LogP contribution in [0.15, 0.2) is 41.1 Å². The van der Waals surface area contributed by atoms with Gasteiger partial charge in [-0.3, -0.25) is 9.59 Å². The molecule has 1 aliphatic rings. The third-order valence-corrected chi connectivity index (χ3v) is 4.45. The largest absolute Gasteiger partial charge is 0.364 e. The summed E-state index contributed by atoms with van der Waals surface area (Å²) in [5.41, 5.74) is 2.32. The van der Waals surface area contributed by atoms with Crippen molar-refractivity contribution in [1.29, 1.82) is 0 Å². The van der Waals surface area contributed by atoms with Gasteiger partial charge >= 0.3 is 0 Å². The molecule has 0 N–H and O–H groups in total. The van der Waals surface area contributed by atoms with Gasteiger partial charge in [0.2, 0.25) is 0 Å². The fraction of sp³-hybridized carbons (Fsp3) is 0.278. The molecule has 9 nitrogen and oxygen atoms in total. The van der Waals surface area contributed by atoms with Crippen LogP contribution in [0.5, 0.6) is 0 Å². The number of aromatic nitrogens is 4. The second-order valence-electron chi connectivity index (χ2n) is 6.28. The van der Waals surface area contributed by atoms with Crippen LogP contribution in [0.25, 0.3) is 5.69 Å². The average Bonchev–Trinajstić information content (AvgIpc) is 3.41. The van der Waals surface area contributed by atoms with Gasteiger partial charge in [0, 0.05) is 13.1 Å². The van der Waals surface area contributed by atoms with E-state index in [1.54, 1.807) is 13.8 Å². The number of hydrazine groups is 1. The van der Waals surface area contributed by atoms with E-state index >= 15 is 0 Å². The molecule has 1 aromatic carbocycles. The van der Waals surface area contributed by atoms with E-state index in [0.29, 0.717) is 36.5 Å². The van der Waals surface area contributed by atoms with Crippen LogP contribution in [0.1, 0.15) is 38.7 Å². The standard InChI is InChI=1S/C18H18N6O3/c1-12-15(11-27-21-12)17(25)22-9-6-10-23(22)18(26)16-13(2)19-24(20-16)14-7-4-3-5-8-14/h3-5,7-8,11H,6,9-10H2,1-2H3. The summed E-state index contributed by atoms with van der Waals surface area (Å²) in [6, 6.07) is 9.35. The highest BCUT2D eigenvalue weighted by atomic mass is 16.5. The number of hydrogen-bond donors (Lipinski definition) is 0. The molecule has 0 unspecified atom stereocenters. The van der Waals surface area contributed by atoms with Gasteiger partial charge < -0.3 is 4.52 Å². The van der Waals surface area contributed by atoms with E-state index in [4.69, 9.17) is 4.52 Å². The fourth-order valence-corrected chi connectivity index (χ4v) is 3.05. The van der Waals surface area contributed by atoms with Crippen molar-refractivity contribution in [3.05, 3.63) is 59.2 Å². The summed E-state index contributed by atoms with van der Waals surface area (Å²) in [6.45, 7) is 4.30. The Balaban J connectivity index is 1.61. The highest BCUT2D eigenvalue weighted by molar-refractivity contribution is 5.99. The number of carbonyl (C=O) groups is 2. The zero-order chi connectivity index (χ0) is 19.0. The van der Waals surface area contributed by atoms with Crippen LogP contribution in [-0.4, -0.2) is 55.1 Å². The van der Waals surface area contributed by atoms with E-state index in [0.717, 1.165) is 5.69 Å². The van der Waals surface area contributed by atoms with Crippen molar-refractivity contribution in [1.82, 2.24) is 30.2 Å². The molecule has 138 valence electrons. The predicted molar refractivity (Wildman–Crippen MR) is 94.0 cm³/mol. The minimum absolute atomic E-state index is 0.223. The Hall–Kier alpha value is -3.49. The number of amides is 2. The first kappa shape index (κ1) is 17.0. The molecule has 0 bridgehead atoms. The van der Waals surface area contributed by atoms with E-state index in [-0.39, 0.29) is 17.5 Å². The monoisotopic (exact) mass is 366 g/mol. The zero-order valence-electron chi connectivity index (χ0n) is 15.0. The lowest BCUT2D eigenvalue weighted by molar-refractivity contribution is 0.0180. The Bertz CT molecular complexity index is 994. The number of carbonyl (C=O) groups excluding carboxylic acids is 2. The third kappa shape index (κ3) is 2.97. The molecular weight excluding hydrogens is 348 g/mol. The highest BCUT2D eigenvalue weighted by Crippen LogP contribution is 2.20. The normalized spacial score (nSPS) is 14.0. The van der Waals surface area contributed by atoms with Crippen molar-refractivity contribution >= 4 is 11.8 Å². The molecule has 2 amide bonds. The summed E-state index contributed by atoms with van der Waals surface area (Å²) in [7, 11) is 0. The van der Waals surface area contributed by atoms with Gasteiger partial charge in [-0.15, -0.1) is 5.10 Å². The van der Waals surface area contributed by atoms with Crippen LogP contribution >= 0.6 is 0 Å². The Morgan fingerprint density at radius 3 is 2.33 bits per heavy atom. The predicted octanol–water partition coefficient (Wildman–Crippen LogP) is 1.78. The zero-order valence-corrected chi connectivity index (χ0v) is 15.0. The Morgan fingerprint density at radius 2 is 1.67 bits per heavy atom. The van der Waals surface area contributed by atoms with Crippen LogP contribution < -0.4 is 0 Å². The van der Waals surface area contributed by atoms with Crippen LogP contribution in [0, 0.1) is 13.8 Å². The first-order chi connectivity index (χ1) is 13.1. The maximum atomic E-state index is 13.1. The van der Waals surface area contributed by atoms with Crippen molar-refractivity contribution in [2.24, 2.45) is 0 Å². The second kappa shape index (κ2) is 6.67. The molecular formula is C18H18N6O3. The van der Waals surface area contributed by atoms with Crippen molar-refractivity contribution < 1.29 is 14.1 Å². The van der Waals surface area contributed by atoms with Gasteiger partial charge in [0.05, 0.1) is 17.1 Å². The first-order valence-electron chi connectivity index (χ1n) is 8.60. The Morgan fingerprint density at radius 1 is 0.963 bits per heavy atom. The SMILES string of the molecule is Cc1nocc1C(=O)N1CCCN1C(=O)c1nn(-c2ccccc2)nc1C. The lowest BCUT2D eigenvalue weighted by Crippen LogP contribution is -2.45. The molecule has 9 heteroatoms. The average molecular weight is 366 g/mol. The van der Waals surface area contributed by atoms with Crippen LogP contribution in [0.4, 0.5) is 0 Å². The highest BCUT2D eigenvalue weighted by Gasteiger charge is 2.35. The fourth-order valence-electron chi connectivity index (χ4n) is 3.05. The van der Waals surface area contributed by atoms with Crippen LogP contribution in [0.3, 0.4) is 0 Å². The van der Waals surface area contributed by atoms with Crippen molar-refractivity contribution in [3.63, 3.8) is 0 Å². The van der Waals surface area contributed by atoms with Gasteiger partial charge in [0.1, 0.15) is 11.8 Å². The summed E-state index contributed by atoms with van der Waals surface area (Å²) in [5.74, 6) is -0.664. The van der Waals surface area contributed by atoms with E-state index in [9.17, 15) is 9.59 Å². The van der Waals surface area contributed by atoms with Gasteiger partial charge in [0.25, 0.3) is 11.8 Å². The van der Waals surface area contributed by atoms with E-state index < -0.39 is 0 Å². The molecule has 0 spiro atoms. The van der Waals surface area contributed by atoms with Crippen LogP contribution in [-0.2, 0) is 0 Å². The molecule has 4 rings (SSSR count). The maximum absolute atomic E-state index is 13.1. The van der Waals surface area contributed by atoms with Crippen molar-refractivity contribution in [2.75, 3.05) is 13.1 Å². The molecule has 1 aliphatic heterocycles. The number of aryl methyl sites for hydroxylation is 2. The summed E-state index contributed by atoms with van der Waals surface area (Å²) < 4.78 is 4.85. The second-order valence-corrected chi connectivity index (χ2v) is 6.28. The van der Waals surface area contributed by atoms with E-state index in [1.165, 1.54) is 21.1 Å². The van der Waals surface area contributed by atoms with Gasteiger partial charge in [-0.1, -0.05) is 23.4 Å². The summed E-state index contributed by atoms with van der Waals surface area (Å²) in [6.07, 6.45) is 1.99. The number of nitrogens with zero attached hydrogens (tertiary/aromatic N) is 6. The maximum Gasteiger partial charge on any atom is 0.294 e. The third-order valence-electron chi connectivity index (χ3n) is 4.45. The summed E-state index contributed by atoms with van der Waals surface area (Å²) >= 11 is 0. The molecule has 0 radical (unpaired) electrons. The van der Waals surface area contributed by atoms with Gasteiger partial charge in [-0.25, -0.2) is 10.0 Å². The quantitative estimate of drug-likeness (QED) is 0.701. The van der Waals surface area contributed by atoms with Crippen LogP contribution in [0.2, 0.25) is 0 Å². The minimum Gasteiger partial charge on any atom is -0.364 e. The number of benzene rings is 1. The van der Waals surface area contributed by atoms with Crippen molar-refractivity contribution in [2.45, 2.75) is 20.3 Å². The van der Waals surface area contributed by atoms with E-state index in [1.807, 2.05) is 30.3 Å². The van der Waals surface area contributed by atoms with Gasteiger partial charge in [-0.05, 0) is 32.4 Å². The number of para-hydroxylation sites is 1. The lowest BCUT2D eigenvalue weighted by atomic mass is 10.2. The molecule has 0 saturated carbocycles. The number of hydrogen-bond acceptors (Lipinski definition) is 6.